The summed E-state index contributed by atoms with van der Waals surface area (Å²) in [7, 11) is 1.65. The highest BCUT2D eigenvalue weighted by Crippen LogP contribution is 2.32. The van der Waals surface area contributed by atoms with Gasteiger partial charge in [-0.3, -0.25) is 14.5 Å². The first-order chi connectivity index (χ1) is 15.3. The molecule has 32 heavy (non-hydrogen) atoms. The summed E-state index contributed by atoms with van der Waals surface area (Å²) >= 11 is 0. The normalized spacial score (nSPS) is 13.5. The molecule has 1 aliphatic heterocycles. The fourth-order valence-electron chi connectivity index (χ4n) is 4.21. The van der Waals surface area contributed by atoms with Gasteiger partial charge in [0.15, 0.2) is 17.5 Å². The van der Waals surface area contributed by atoms with Crippen molar-refractivity contribution in [1.82, 2.24) is 24.6 Å². The fourth-order valence-corrected chi connectivity index (χ4v) is 4.21. The van der Waals surface area contributed by atoms with Crippen LogP contribution < -0.4 is 0 Å². The van der Waals surface area contributed by atoms with E-state index in [1.807, 2.05) is 6.92 Å². The molecule has 0 bridgehead atoms. The Bertz CT molecular complexity index is 1380. The van der Waals surface area contributed by atoms with E-state index >= 15 is 0 Å². The van der Waals surface area contributed by atoms with Crippen LogP contribution in [0.5, 0.6) is 0 Å². The molecule has 1 amide bonds. The summed E-state index contributed by atoms with van der Waals surface area (Å²) < 4.78 is 42.5. The van der Waals surface area contributed by atoms with Crippen molar-refractivity contribution in [3.63, 3.8) is 0 Å². The van der Waals surface area contributed by atoms with Crippen LogP contribution in [0.3, 0.4) is 0 Å². The second-order valence-corrected chi connectivity index (χ2v) is 7.81. The summed E-state index contributed by atoms with van der Waals surface area (Å²) in [6.45, 7) is 2.45. The molecule has 0 unspecified atom stereocenters. The summed E-state index contributed by atoms with van der Waals surface area (Å²) in [5, 5.41) is 4.47. The zero-order valence-electron chi connectivity index (χ0n) is 17.4. The average Bonchev–Trinajstić information content (AvgIpc) is 3.11. The maximum absolute atomic E-state index is 13.8. The molecule has 9 heteroatoms. The molecule has 5 rings (SSSR count). The molecule has 2 aromatic carbocycles. The summed E-state index contributed by atoms with van der Waals surface area (Å²) in [5.41, 5.74) is 4.49. The largest absolute Gasteiger partial charge is 0.332 e. The summed E-state index contributed by atoms with van der Waals surface area (Å²) in [5.74, 6) is -4.20. The van der Waals surface area contributed by atoms with Crippen molar-refractivity contribution in [2.75, 3.05) is 6.54 Å². The van der Waals surface area contributed by atoms with E-state index in [9.17, 15) is 18.0 Å². The first kappa shape index (κ1) is 20.2. The zero-order chi connectivity index (χ0) is 22.6. The number of rotatable bonds is 2. The van der Waals surface area contributed by atoms with Crippen LogP contribution in [0.25, 0.3) is 22.3 Å². The molecule has 0 fully saturated rings. The van der Waals surface area contributed by atoms with Gasteiger partial charge in [0.2, 0.25) is 0 Å². The van der Waals surface area contributed by atoms with Crippen molar-refractivity contribution < 1.29 is 18.0 Å². The quantitative estimate of drug-likeness (QED) is 0.446. The van der Waals surface area contributed by atoms with Gasteiger partial charge in [0.1, 0.15) is 5.52 Å². The van der Waals surface area contributed by atoms with Crippen molar-refractivity contribution >= 4 is 16.9 Å². The van der Waals surface area contributed by atoms with Crippen molar-refractivity contribution in [3.8, 4) is 11.3 Å². The minimum Gasteiger partial charge on any atom is -0.332 e. The number of halogens is 3. The number of hydrogen-bond donors (Lipinski definition) is 0. The van der Waals surface area contributed by atoms with Gasteiger partial charge in [-0.15, -0.1) is 0 Å². The van der Waals surface area contributed by atoms with E-state index < -0.39 is 17.5 Å². The molecule has 0 aliphatic carbocycles. The standard InChI is InChI=1S/C23H18F3N5O/c1-12-10-27-18-5-3-4-15(21(18)28-12)23(32)31-7-6-14-19(11-31)29-30(2)22(14)13-8-16(24)20(26)17(25)9-13/h3-5,8-10H,6-7,11H2,1-2H3. The maximum atomic E-state index is 13.8. The molecule has 0 saturated heterocycles. The minimum atomic E-state index is -1.50. The number of benzene rings is 2. The van der Waals surface area contributed by atoms with Gasteiger partial charge >= 0.3 is 0 Å². The Morgan fingerprint density at radius 3 is 2.62 bits per heavy atom. The smallest absolute Gasteiger partial charge is 0.256 e. The zero-order valence-corrected chi connectivity index (χ0v) is 17.4. The second-order valence-electron chi connectivity index (χ2n) is 7.81. The summed E-state index contributed by atoms with van der Waals surface area (Å²) in [4.78, 5) is 23.8. The van der Waals surface area contributed by atoms with Crippen LogP contribution in [-0.4, -0.2) is 37.1 Å². The van der Waals surface area contributed by atoms with Crippen LogP contribution in [0, 0.1) is 24.4 Å². The lowest BCUT2D eigenvalue weighted by Crippen LogP contribution is -2.36. The van der Waals surface area contributed by atoms with Crippen molar-refractivity contribution in [2.24, 2.45) is 7.05 Å². The highest BCUT2D eigenvalue weighted by molar-refractivity contribution is 6.04. The molecular formula is C23H18F3N5O. The van der Waals surface area contributed by atoms with Crippen LogP contribution in [0.2, 0.25) is 0 Å². The number of carbonyl (C=O) groups excluding carboxylic acids is 1. The minimum absolute atomic E-state index is 0.188. The van der Waals surface area contributed by atoms with Crippen molar-refractivity contribution in [2.45, 2.75) is 19.9 Å². The van der Waals surface area contributed by atoms with Crippen LogP contribution in [0.15, 0.2) is 36.5 Å². The predicted molar refractivity (Wildman–Crippen MR) is 111 cm³/mol. The van der Waals surface area contributed by atoms with Crippen LogP contribution in [-0.2, 0) is 20.0 Å². The lowest BCUT2D eigenvalue weighted by molar-refractivity contribution is 0.0734. The Balaban J connectivity index is 1.50. The number of carbonyl (C=O) groups is 1. The van der Waals surface area contributed by atoms with E-state index in [4.69, 9.17) is 0 Å². The number of nitrogens with zero attached hydrogens (tertiary/aromatic N) is 5. The Morgan fingerprint density at radius 2 is 1.88 bits per heavy atom. The van der Waals surface area contributed by atoms with E-state index in [0.717, 1.165) is 17.7 Å². The topological polar surface area (TPSA) is 63.9 Å². The third-order valence-electron chi connectivity index (χ3n) is 5.67. The van der Waals surface area contributed by atoms with Crippen molar-refractivity contribution in [3.05, 3.63) is 76.5 Å². The SMILES string of the molecule is Cc1cnc2cccc(C(=O)N3CCc4c(nn(C)c4-c4cc(F)c(F)c(F)c4)C3)c2n1. The second kappa shape index (κ2) is 7.44. The highest BCUT2D eigenvalue weighted by Gasteiger charge is 2.29. The molecule has 1 aliphatic rings. The number of fused-ring (bicyclic) bond motifs is 2. The van der Waals surface area contributed by atoms with E-state index in [2.05, 4.69) is 15.1 Å². The molecule has 6 nitrogen and oxygen atoms in total. The number of hydrogen-bond acceptors (Lipinski definition) is 4. The van der Waals surface area contributed by atoms with Gasteiger partial charge in [-0.1, -0.05) is 6.07 Å². The van der Waals surface area contributed by atoms with Gasteiger partial charge in [-0.25, -0.2) is 18.2 Å². The third kappa shape index (κ3) is 3.21. The first-order valence-corrected chi connectivity index (χ1v) is 10.0. The lowest BCUT2D eigenvalue weighted by Gasteiger charge is -2.27. The number of aryl methyl sites for hydroxylation is 2. The summed E-state index contributed by atoms with van der Waals surface area (Å²) in [6, 6.07) is 7.22. The molecule has 0 saturated carbocycles. The first-order valence-electron chi connectivity index (χ1n) is 10.0. The van der Waals surface area contributed by atoms with Crippen molar-refractivity contribution in [1.29, 1.82) is 0 Å². The molecule has 0 spiro atoms. The van der Waals surface area contributed by atoms with E-state index in [-0.39, 0.29) is 18.0 Å². The number of aromatic nitrogens is 4. The van der Waals surface area contributed by atoms with Gasteiger partial charge < -0.3 is 4.90 Å². The Labute approximate surface area is 181 Å². The van der Waals surface area contributed by atoms with Gasteiger partial charge in [-0.2, -0.15) is 5.10 Å². The van der Waals surface area contributed by atoms with Gasteiger partial charge in [0.05, 0.1) is 34.7 Å². The lowest BCUT2D eigenvalue weighted by atomic mass is 9.99. The molecular weight excluding hydrogens is 419 g/mol. The van der Waals surface area contributed by atoms with Crippen LogP contribution in [0.4, 0.5) is 13.2 Å². The van der Waals surface area contributed by atoms with Crippen LogP contribution >= 0.6 is 0 Å². The molecule has 0 N–H and O–H groups in total. The molecule has 4 aromatic rings. The Hall–Kier alpha value is -3.75. The molecule has 0 atom stereocenters. The van der Waals surface area contributed by atoms with E-state index in [1.54, 1.807) is 36.3 Å². The fraction of sp³-hybridized carbons (Fsp3) is 0.217. The van der Waals surface area contributed by atoms with Gasteiger partial charge in [0, 0.05) is 30.9 Å². The number of amides is 1. The maximum Gasteiger partial charge on any atom is 0.256 e. The van der Waals surface area contributed by atoms with E-state index in [1.165, 1.54) is 4.68 Å². The monoisotopic (exact) mass is 437 g/mol. The highest BCUT2D eigenvalue weighted by atomic mass is 19.2. The molecule has 0 radical (unpaired) electrons. The van der Waals surface area contributed by atoms with Crippen LogP contribution in [0.1, 0.15) is 27.3 Å². The third-order valence-corrected chi connectivity index (χ3v) is 5.67. The molecule has 2 aromatic heterocycles. The Kier molecular flexibility index (Phi) is 4.69. The summed E-state index contributed by atoms with van der Waals surface area (Å²) in [6.07, 6.45) is 2.10. The molecule has 162 valence electrons. The van der Waals surface area contributed by atoms with Gasteiger partial charge in [-0.05, 0) is 37.6 Å². The predicted octanol–water partition coefficient (Wildman–Crippen LogP) is 3.95. The Morgan fingerprint density at radius 1 is 1.12 bits per heavy atom. The molecule has 3 heterocycles. The van der Waals surface area contributed by atoms with E-state index in [0.29, 0.717) is 46.6 Å². The van der Waals surface area contributed by atoms with Gasteiger partial charge in [0.25, 0.3) is 5.91 Å². The average molecular weight is 437 g/mol. The number of para-hydroxylation sites is 1.